The summed E-state index contributed by atoms with van der Waals surface area (Å²) in [7, 11) is 0. The maximum absolute atomic E-state index is 12.5. The average molecular weight is 348 g/mol. The van der Waals surface area contributed by atoms with Gasteiger partial charge in [0.2, 0.25) is 0 Å². The predicted molar refractivity (Wildman–Crippen MR) is 93.3 cm³/mol. The maximum atomic E-state index is 12.5. The minimum atomic E-state index is -1.00. The van der Waals surface area contributed by atoms with E-state index in [2.05, 4.69) is 4.89 Å². The van der Waals surface area contributed by atoms with Crippen LogP contribution in [0.2, 0.25) is 0 Å². The summed E-state index contributed by atoms with van der Waals surface area (Å²) in [5.41, 5.74) is 10.6. The van der Waals surface area contributed by atoms with Crippen molar-refractivity contribution in [2.45, 2.75) is 41.0 Å². The van der Waals surface area contributed by atoms with Gasteiger partial charge in [-0.3, -0.25) is 14.8 Å². The summed E-state index contributed by atoms with van der Waals surface area (Å²) >= 11 is 0. The van der Waals surface area contributed by atoms with Crippen molar-refractivity contribution in [3.63, 3.8) is 0 Å². The van der Waals surface area contributed by atoms with Crippen molar-refractivity contribution in [3.05, 3.63) is 33.6 Å². The zero-order valence-corrected chi connectivity index (χ0v) is 15.2. The molecule has 0 unspecified atom stereocenters. The molecule has 0 aliphatic heterocycles. The van der Waals surface area contributed by atoms with Gasteiger partial charge in [0.25, 0.3) is 11.7 Å². The molecule has 7 heteroatoms. The van der Waals surface area contributed by atoms with Crippen LogP contribution in [0.3, 0.4) is 0 Å². The van der Waals surface area contributed by atoms with Crippen molar-refractivity contribution in [1.29, 1.82) is 0 Å². The number of hydrogen-bond donors (Lipinski definition) is 2. The van der Waals surface area contributed by atoms with E-state index in [-0.39, 0.29) is 18.8 Å². The van der Waals surface area contributed by atoms with Crippen LogP contribution in [-0.2, 0) is 16.1 Å². The standard InChI is InChI=1S/C18H24N2O5/c1-6-13-11(4)14(16(21)18(19)22)15-17(24-7-8-25-23)10(3)9(2)12(5)20(13)15/h23H,6-8H2,1-5H3,(H2,19,22). The molecule has 7 nitrogen and oxygen atoms in total. The Labute approximate surface area is 146 Å². The summed E-state index contributed by atoms with van der Waals surface area (Å²) in [5.74, 6) is -1.24. The predicted octanol–water partition coefficient (Wildman–Crippen LogP) is 2.27. The Kier molecular flexibility index (Phi) is 5.49. The van der Waals surface area contributed by atoms with Crippen LogP contribution in [-0.4, -0.2) is 34.6 Å². The van der Waals surface area contributed by atoms with Gasteiger partial charge in [-0.25, -0.2) is 4.89 Å². The highest BCUT2D eigenvalue weighted by Crippen LogP contribution is 2.37. The van der Waals surface area contributed by atoms with Crippen LogP contribution in [0.4, 0.5) is 0 Å². The van der Waals surface area contributed by atoms with E-state index in [0.29, 0.717) is 17.7 Å². The number of rotatable bonds is 7. The molecule has 2 aromatic rings. The van der Waals surface area contributed by atoms with Gasteiger partial charge in [-0.1, -0.05) is 6.92 Å². The SMILES string of the molecule is CCc1c(C)c(C(=O)C(N)=O)c2c(OCCOO)c(C)c(C)c(C)n12. The lowest BCUT2D eigenvalue weighted by Gasteiger charge is -2.18. The van der Waals surface area contributed by atoms with E-state index < -0.39 is 11.7 Å². The van der Waals surface area contributed by atoms with Crippen LogP contribution in [0, 0.1) is 27.7 Å². The maximum Gasteiger partial charge on any atom is 0.289 e. The van der Waals surface area contributed by atoms with Gasteiger partial charge in [0.1, 0.15) is 24.5 Å². The number of carbonyl (C=O) groups is 2. The number of ether oxygens (including phenoxy) is 1. The van der Waals surface area contributed by atoms with E-state index in [9.17, 15) is 9.59 Å². The molecule has 25 heavy (non-hydrogen) atoms. The monoisotopic (exact) mass is 348 g/mol. The van der Waals surface area contributed by atoms with Crippen molar-refractivity contribution in [2.24, 2.45) is 5.73 Å². The number of primary amides is 1. The number of aryl methyl sites for hydroxylation is 2. The number of hydrogen-bond acceptors (Lipinski definition) is 5. The Morgan fingerprint density at radius 3 is 2.24 bits per heavy atom. The van der Waals surface area contributed by atoms with Crippen LogP contribution < -0.4 is 10.5 Å². The zero-order valence-electron chi connectivity index (χ0n) is 15.2. The first-order valence-electron chi connectivity index (χ1n) is 8.14. The molecule has 0 bridgehead atoms. The molecule has 0 atom stereocenters. The van der Waals surface area contributed by atoms with Crippen molar-refractivity contribution in [1.82, 2.24) is 4.40 Å². The van der Waals surface area contributed by atoms with Crippen LogP contribution in [0.5, 0.6) is 5.75 Å². The van der Waals surface area contributed by atoms with Gasteiger partial charge in [0, 0.05) is 11.4 Å². The molecule has 0 aliphatic rings. The largest absolute Gasteiger partial charge is 0.489 e. The summed E-state index contributed by atoms with van der Waals surface area (Å²) in [4.78, 5) is 28.1. The molecular formula is C18H24N2O5. The number of pyridine rings is 1. The summed E-state index contributed by atoms with van der Waals surface area (Å²) in [6.45, 7) is 9.72. The van der Waals surface area contributed by atoms with E-state index in [1.54, 1.807) is 0 Å². The second-order valence-corrected chi connectivity index (χ2v) is 6.02. The molecular weight excluding hydrogens is 324 g/mol. The Balaban J connectivity index is 2.94. The fourth-order valence-corrected chi connectivity index (χ4v) is 3.29. The Morgan fingerprint density at radius 1 is 1.08 bits per heavy atom. The van der Waals surface area contributed by atoms with Gasteiger partial charge in [-0.05, 0) is 50.8 Å². The lowest BCUT2D eigenvalue weighted by molar-refractivity contribution is -0.245. The first-order valence-corrected chi connectivity index (χ1v) is 8.14. The molecule has 2 rings (SSSR count). The second kappa shape index (κ2) is 7.25. The number of ketones is 1. The smallest absolute Gasteiger partial charge is 0.289 e. The number of amides is 1. The number of carbonyl (C=O) groups excluding carboxylic acids is 2. The van der Waals surface area contributed by atoms with Crippen LogP contribution >= 0.6 is 0 Å². The number of Topliss-reactive ketones (excluding diaryl/α,β-unsaturated/α-hetero) is 1. The van der Waals surface area contributed by atoms with E-state index in [0.717, 1.165) is 28.1 Å². The van der Waals surface area contributed by atoms with E-state index in [1.807, 2.05) is 39.0 Å². The van der Waals surface area contributed by atoms with Gasteiger partial charge in [0.15, 0.2) is 0 Å². The number of aromatic nitrogens is 1. The fraction of sp³-hybridized carbons (Fsp3) is 0.444. The van der Waals surface area contributed by atoms with Crippen LogP contribution in [0.1, 0.15) is 45.4 Å². The Hall–Kier alpha value is -2.38. The van der Waals surface area contributed by atoms with E-state index >= 15 is 0 Å². The zero-order chi connectivity index (χ0) is 18.9. The first-order chi connectivity index (χ1) is 11.8. The van der Waals surface area contributed by atoms with Crippen molar-refractivity contribution < 1.29 is 24.5 Å². The molecule has 3 N–H and O–H groups in total. The molecule has 0 aliphatic carbocycles. The number of fused-ring (bicyclic) bond motifs is 1. The summed E-state index contributed by atoms with van der Waals surface area (Å²) in [6.07, 6.45) is 0.682. The molecule has 2 heterocycles. The fourth-order valence-electron chi connectivity index (χ4n) is 3.29. The highest BCUT2D eigenvalue weighted by Gasteiger charge is 2.28. The van der Waals surface area contributed by atoms with Crippen LogP contribution in [0.15, 0.2) is 0 Å². The van der Waals surface area contributed by atoms with Gasteiger partial charge in [-0.2, -0.15) is 0 Å². The molecule has 136 valence electrons. The normalized spacial score (nSPS) is 11.1. The highest BCUT2D eigenvalue weighted by molar-refractivity contribution is 6.44. The topological polar surface area (TPSA) is 103 Å². The highest BCUT2D eigenvalue weighted by atomic mass is 17.1. The molecule has 2 aromatic heterocycles. The number of nitrogens with zero attached hydrogens (tertiary/aromatic N) is 1. The molecule has 0 radical (unpaired) electrons. The van der Waals surface area contributed by atoms with Crippen molar-refractivity contribution in [2.75, 3.05) is 13.2 Å². The van der Waals surface area contributed by atoms with Crippen molar-refractivity contribution in [3.8, 4) is 5.75 Å². The minimum Gasteiger partial charge on any atom is -0.489 e. The summed E-state index contributed by atoms with van der Waals surface area (Å²) in [6, 6.07) is 0. The van der Waals surface area contributed by atoms with E-state index in [1.165, 1.54) is 0 Å². The van der Waals surface area contributed by atoms with E-state index in [4.69, 9.17) is 15.7 Å². The molecule has 0 fully saturated rings. The third kappa shape index (κ3) is 3.01. The molecule has 0 saturated carbocycles. The van der Waals surface area contributed by atoms with Gasteiger partial charge >= 0.3 is 0 Å². The number of nitrogens with two attached hydrogens (primary N) is 1. The average Bonchev–Trinajstić information content (AvgIpc) is 2.87. The Bertz CT molecular complexity index is 851. The second-order valence-electron chi connectivity index (χ2n) is 6.02. The third-order valence-electron chi connectivity index (χ3n) is 4.74. The molecule has 0 aromatic carbocycles. The summed E-state index contributed by atoms with van der Waals surface area (Å²) in [5, 5.41) is 8.53. The van der Waals surface area contributed by atoms with Gasteiger partial charge in [-0.15, -0.1) is 0 Å². The molecule has 1 amide bonds. The molecule has 0 saturated heterocycles. The lowest BCUT2D eigenvalue weighted by Crippen LogP contribution is -2.24. The van der Waals surface area contributed by atoms with Gasteiger partial charge < -0.3 is 14.9 Å². The first kappa shape index (κ1) is 19.0. The molecule has 0 spiro atoms. The third-order valence-corrected chi connectivity index (χ3v) is 4.74. The lowest BCUT2D eigenvalue weighted by atomic mass is 10.0. The summed E-state index contributed by atoms with van der Waals surface area (Å²) < 4.78 is 7.76. The van der Waals surface area contributed by atoms with Crippen molar-refractivity contribution >= 4 is 17.2 Å². The quantitative estimate of drug-likeness (QED) is 0.263. The van der Waals surface area contributed by atoms with Gasteiger partial charge in [0.05, 0.1) is 5.56 Å². The minimum absolute atomic E-state index is 0.0159. The van der Waals surface area contributed by atoms with Crippen LogP contribution in [0.25, 0.3) is 5.52 Å². The Morgan fingerprint density at radius 2 is 1.72 bits per heavy atom.